The molecule has 4 heteroatoms. The first-order valence-electron chi connectivity index (χ1n) is 10.9. The first-order valence-corrected chi connectivity index (χ1v) is 10.9. The topological polar surface area (TPSA) is 66.8 Å². The summed E-state index contributed by atoms with van der Waals surface area (Å²) in [6.45, 7) is 1.76. The fraction of sp³-hybridized carbons (Fsp3) is 0.783. The SMILES string of the molecule is CCCCCCC/C=C\C/C=C\CCCCCCCC(=O)OC[C@@H](O)CO. The highest BCUT2D eigenvalue weighted by Gasteiger charge is 2.07. The van der Waals surface area contributed by atoms with E-state index in [-0.39, 0.29) is 19.2 Å². The van der Waals surface area contributed by atoms with Crippen molar-refractivity contribution in [1.82, 2.24) is 0 Å². The molecule has 0 unspecified atom stereocenters. The minimum Gasteiger partial charge on any atom is -0.463 e. The Labute approximate surface area is 166 Å². The van der Waals surface area contributed by atoms with E-state index in [9.17, 15) is 4.79 Å². The molecule has 0 amide bonds. The summed E-state index contributed by atoms with van der Waals surface area (Å²) >= 11 is 0. The first-order chi connectivity index (χ1) is 13.2. The monoisotopic (exact) mass is 382 g/mol. The Balaban J connectivity index is 3.29. The molecule has 158 valence electrons. The summed E-state index contributed by atoms with van der Waals surface area (Å²) in [5.74, 6) is -0.292. The summed E-state index contributed by atoms with van der Waals surface area (Å²) in [6.07, 6.45) is 24.1. The number of esters is 1. The van der Waals surface area contributed by atoms with Gasteiger partial charge in [-0.05, 0) is 38.5 Å². The lowest BCUT2D eigenvalue weighted by Gasteiger charge is -2.08. The Hall–Kier alpha value is -1.13. The quantitative estimate of drug-likeness (QED) is 0.176. The summed E-state index contributed by atoms with van der Waals surface area (Å²) in [5.41, 5.74) is 0. The molecule has 0 radical (unpaired) electrons. The normalized spacial score (nSPS) is 12.9. The molecular weight excluding hydrogens is 340 g/mol. The fourth-order valence-corrected chi connectivity index (χ4v) is 2.75. The van der Waals surface area contributed by atoms with E-state index in [0.29, 0.717) is 6.42 Å². The standard InChI is InChI=1S/C23H42O4/c1-2-3-4-5-6-7-8-9-10-11-12-13-14-15-16-17-18-19-23(26)27-21-22(25)20-24/h8-9,11-12,22,24-25H,2-7,10,13-21H2,1H3/b9-8-,12-11-/t22-/m0/s1. The van der Waals surface area contributed by atoms with Gasteiger partial charge >= 0.3 is 5.97 Å². The van der Waals surface area contributed by atoms with Crippen molar-refractivity contribution in [2.75, 3.05) is 13.2 Å². The van der Waals surface area contributed by atoms with E-state index in [1.165, 1.54) is 51.4 Å². The highest BCUT2D eigenvalue weighted by molar-refractivity contribution is 5.69. The molecule has 0 rings (SSSR count). The molecule has 2 N–H and O–H groups in total. The second-order valence-electron chi connectivity index (χ2n) is 7.21. The highest BCUT2D eigenvalue weighted by atomic mass is 16.5. The van der Waals surface area contributed by atoms with Crippen LogP contribution in [0.1, 0.15) is 96.8 Å². The lowest BCUT2D eigenvalue weighted by Crippen LogP contribution is -2.21. The minimum atomic E-state index is -0.965. The van der Waals surface area contributed by atoms with Crippen molar-refractivity contribution in [3.05, 3.63) is 24.3 Å². The number of hydrogen-bond acceptors (Lipinski definition) is 4. The van der Waals surface area contributed by atoms with Gasteiger partial charge in [-0.25, -0.2) is 0 Å². The summed E-state index contributed by atoms with van der Waals surface area (Å²) in [5, 5.41) is 17.7. The van der Waals surface area contributed by atoms with Gasteiger partial charge in [0.15, 0.2) is 0 Å². The van der Waals surface area contributed by atoms with E-state index in [2.05, 4.69) is 31.2 Å². The second-order valence-corrected chi connectivity index (χ2v) is 7.21. The Morgan fingerprint density at radius 2 is 1.41 bits per heavy atom. The van der Waals surface area contributed by atoms with Gasteiger partial charge in [0.2, 0.25) is 0 Å². The Morgan fingerprint density at radius 3 is 2.00 bits per heavy atom. The molecule has 0 spiro atoms. The van der Waals surface area contributed by atoms with Crippen LogP contribution in [-0.2, 0) is 9.53 Å². The van der Waals surface area contributed by atoms with Gasteiger partial charge in [-0.1, -0.05) is 76.2 Å². The van der Waals surface area contributed by atoms with E-state index in [0.717, 1.165) is 32.1 Å². The maximum Gasteiger partial charge on any atom is 0.305 e. The fourth-order valence-electron chi connectivity index (χ4n) is 2.75. The molecule has 0 aliphatic carbocycles. The molecular formula is C23H42O4. The number of rotatable bonds is 19. The van der Waals surface area contributed by atoms with Crippen LogP contribution in [0, 0.1) is 0 Å². The van der Waals surface area contributed by atoms with Gasteiger partial charge in [0.1, 0.15) is 12.7 Å². The van der Waals surface area contributed by atoms with Gasteiger partial charge < -0.3 is 14.9 Å². The van der Waals surface area contributed by atoms with Crippen molar-refractivity contribution >= 4 is 5.97 Å². The predicted molar refractivity (Wildman–Crippen MR) is 113 cm³/mol. The van der Waals surface area contributed by atoms with Crippen LogP contribution >= 0.6 is 0 Å². The van der Waals surface area contributed by atoms with Crippen molar-refractivity contribution < 1.29 is 19.7 Å². The number of ether oxygens (including phenoxy) is 1. The predicted octanol–water partition coefficient (Wildman–Crippen LogP) is 5.48. The molecule has 0 heterocycles. The van der Waals surface area contributed by atoms with Crippen molar-refractivity contribution in [3.8, 4) is 0 Å². The van der Waals surface area contributed by atoms with E-state index >= 15 is 0 Å². The van der Waals surface area contributed by atoms with Crippen LogP contribution in [0.4, 0.5) is 0 Å². The van der Waals surface area contributed by atoms with E-state index in [1.54, 1.807) is 0 Å². The first kappa shape index (κ1) is 25.9. The van der Waals surface area contributed by atoms with Gasteiger partial charge in [-0.2, -0.15) is 0 Å². The van der Waals surface area contributed by atoms with E-state index in [1.807, 2.05) is 0 Å². The summed E-state index contributed by atoms with van der Waals surface area (Å²) in [7, 11) is 0. The lowest BCUT2D eigenvalue weighted by atomic mass is 10.1. The maximum atomic E-state index is 11.4. The Morgan fingerprint density at radius 1 is 0.852 bits per heavy atom. The van der Waals surface area contributed by atoms with Gasteiger partial charge in [-0.3, -0.25) is 4.79 Å². The summed E-state index contributed by atoms with van der Waals surface area (Å²) in [6, 6.07) is 0. The molecule has 27 heavy (non-hydrogen) atoms. The highest BCUT2D eigenvalue weighted by Crippen LogP contribution is 2.09. The smallest absolute Gasteiger partial charge is 0.305 e. The zero-order chi connectivity index (χ0) is 20.0. The average Bonchev–Trinajstić information content (AvgIpc) is 2.68. The van der Waals surface area contributed by atoms with Crippen LogP contribution in [0.2, 0.25) is 0 Å². The molecule has 0 aromatic rings. The number of unbranched alkanes of at least 4 members (excludes halogenated alkanes) is 10. The number of aliphatic hydroxyl groups is 2. The van der Waals surface area contributed by atoms with Crippen LogP contribution in [0.5, 0.6) is 0 Å². The third-order valence-electron chi connectivity index (χ3n) is 4.48. The third kappa shape index (κ3) is 21.0. The molecule has 0 saturated carbocycles. The maximum absolute atomic E-state index is 11.4. The molecule has 0 aromatic carbocycles. The zero-order valence-corrected chi connectivity index (χ0v) is 17.4. The van der Waals surface area contributed by atoms with Gasteiger partial charge in [0.05, 0.1) is 6.61 Å². The van der Waals surface area contributed by atoms with Crippen molar-refractivity contribution in [2.24, 2.45) is 0 Å². The van der Waals surface area contributed by atoms with Crippen molar-refractivity contribution in [3.63, 3.8) is 0 Å². The second kappa shape index (κ2) is 21.2. The summed E-state index contributed by atoms with van der Waals surface area (Å²) in [4.78, 5) is 11.4. The third-order valence-corrected chi connectivity index (χ3v) is 4.48. The molecule has 4 nitrogen and oxygen atoms in total. The molecule has 0 saturated heterocycles. The molecule has 0 bridgehead atoms. The molecule has 0 fully saturated rings. The number of aliphatic hydroxyl groups excluding tert-OH is 2. The van der Waals surface area contributed by atoms with Crippen molar-refractivity contribution in [2.45, 2.75) is 103 Å². The largest absolute Gasteiger partial charge is 0.463 e. The van der Waals surface area contributed by atoms with Crippen LogP contribution < -0.4 is 0 Å². The van der Waals surface area contributed by atoms with Crippen LogP contribution in [0.15, 0.2) is 24.3 Å². The van der Waals surface area contributed by atoms with E-state index in [4.69, 9.17) is 14.9 Å². The van der Waals surface area contributed by atoms with E-state index < -0.39 is 6.10 Å². The molecule has 0 aliphatic rings. The van der Waals surface area contributed by atoms with Gasteiger partial charge in [-0.15, -0.1) is 0 Å². The number of hydrogen-bond donors (Lipinski definition) is 2. The van der Waals surface area contributed by atoms with Gasteiger partial charge in [0, 0.05) is 6.42 Å². The number of carbonyl (C=O) groups is 1. The van der Waals surface area contributed by atoms with Crippen LogP contribution in [0.3, 0.4) is 0 Å². The Kier molecular flexibility index (Phi) is 20.3. The average molecular weight is 383 g/mol. The summed E-state index contributed by atoms with van der Waals surface area (Å²) < 4.78 is 4.86. The minimum absolute atomic E-state index is 0.115. The lowest BCUT2D eigenvalue weighted by molar-refractivity contribution is -0.147. The van der Waals surface area contributed by atoms with Crippen LogP contribution in [0.25, 0.3) is 0 Å². The van der Waals surface area contributed by atoms with Crippen LogP contribution in [-0.4, -0.2) is 35.5 Å². The Bertz CT molecular complexity index is 377. The molecule has 1 atom stereocenters. The van der Waals surface area contributed by atoms with Crippen molar-refractivity contribution in [1.29, 1.82) is 0 Å². The number of allylic oxidation sites excluding steroid dienone is 4. The molecule has 0 aliphatic heterocycles. The zero-order valence-electron chi connectivity index (χ0n) is 17.4. The molecule has 0 aromatic heterocycles. The number of carbonyl (C=O) groups excluding carboxylic acids is 1. The van der Waals surface area contributed by atoms with Gasteiger partial charge in [0.25, 0.3) is 0 Å².